The van der Waals surface area contributed by atoms with E-state index in [1.807, 2.05) is 24.3 Å². The van der Waals surface area contributed by atoms with E-state index in [4.69, 9.17) is 20.9 Å². The normalized spacial score (nSPS) is 18.8. The predicted octanol–water partition coefficient (Wildman–Crippen LogP) is 3.40. The van der Waals surface area contributed by atoms with Crippen molar-refractivity contribution in [3.63, 3.8) is 0 Å². The maximum Gasteiger partial charge on any atom is 0.295 e. The molecule has 0 bridgehead atoms. The lowest BCUT2D eigenvalue weighted by Gasteiger charge is -2.09. The molecule has 0 aliphatic carbocycles. The van der Waals surface area contributed by atoms with Gasteiger partial charge >= 0.3 is 0 Å². The molecule has 1 aliphatic heterocycles. The molecule has 1 aliphatic rings. The lowest BCUT2D eigenvalue weighted by molar-refractivity contribution is 0.110. The van der Waals surface area contributed by atoms with Crippen molar-refractivity contribution in [1.29, 1.82) is 0 Å². The summed E-state index contributed by atoms with van der Waals surface area (Å²) in [5, 5.41) is 4.69. The fraction of sp³-hybridized carbons (Fsp3) is 0.350. The summed E-state index contributed by atoms with van der Waals surface area (Å²) in [4.78, 5) is 24.9. The van der Waals surface area contributed by atoms with E-state index in [0.717, 1.165) is 10.1 Å². The average Bonchev–Trinajstić information content (AvgIpc) is 3.49. The van der Waals surface area contributed by atoms with Crippen LogP contribution in [0.15, 0.2) is 39.9 Å². The molecule has 4 aromatic rings. The van der Waals surface area contributed by atoms with Gasteiger partial charge in [0.25, 0.3) is 12.0 Å². The standard InChI is InChI=1S/C20H17ClF2N6O3/c1-28-15-18(26-19(28)16(22)23)24-9-29(20(15)30)7-14-25-17(27-32-14)11-6-13(31-8-11)10-2-4-12(21)5-3-10/h2-5,9,11,13,16H,6-8H2,1H3/t11-,13+/m0/s1. The molecule has 0 radical (unpaired) electrons. The van der Waals surface area contributed by atoms with Gasteiger partial charge < -0.3 is 13.8 Å². The molecule has 0 spiro atoms. The number of hydrogen-bond acceptors (Lipinski definition) is 7. The molecule has 3 aromatic heterocycles. The van der Waals surface area contributed by atoms with Crippen molar-refractivity contribution in [1.82, 2.24) is 29.2 Å². The number of fused-ring (bicyclic) bond motifs is 1. The van der Waals surface area contributed by atoms with Gasteiger partial charge in [-0.2, -0.15) is 4.98 Å². The molecule has 9 nitrogen and oxygen atoms in total. The largest absolute Gasteiger partial charge is 0.373 e. The van der Waals surface area contributed by atoms with Crippen LogP contribution in [0, 0.1) is 0 Å². The Labute approximate surface area is 184 Å². The Balaban J connectivity index is 1.34. The summed E-state index contributed by atoms with van der Waals surface area (Å²) in [6.07, 6.45) is -1.00. The van der Waals surface area contributed by atoms with Crippen LogP contribution in [0.2, 0.25) is 5.02 Å². The van der Waals surface area contributed by atoms with Crippen LogP contribution >= 0.6 is 11.6 Å². The number of aryl methyl sites for hydroxylation is 1. The van der Waals surface area contributed by atoms with Crippen molar-refractivity contribution in [2.75, 3.05) is 6.61 Å². The maximum atomic E-state index is 13.1. The number of hydrogen-bond donors (Lipinski definition) is 0. The van der Waals surface area contributed by atoms with Crippen molar-refractivity contribution in [3.8, 4) is 0 Å². The molecule has 32 heavy (non-hydrogen) atoms. The summed E-state index contributed by atoms with van der Waals surface area (Å²) in [5.41, 5.74) is 0.443. The second kappa shape index (κ2) is 8.06. The van der Waals surface area contributed by atoms with E-state index < -0.39 is 17.8 Å². The molecular weight excluding hydrogens is 446 g/mol. The number of aromatic nitrogens is 6. The molecule has 0 unspecified atom stereocenters. The second-order valence-electron chi connectivity index (χ2n) is 7.53. The van der Waals surface area contributed by atoms with Crippen molar-refractivity contribution in [2.45, 2.75) is 31.4 Å². The first-order chi connectivity index (χ1) is 15.4. The van der Waals surface area contributed by atoms with Crippen molar-refractivity contribution < 1.29 is 18.0 Å². The van der Waals surface area contributed by atoms with E-state index in [0.29, 0.717) is 23.9 Å². The summed E-state index contributed by atoms with van der Waals surface area (Å²) in [5.74, 6) is 0.114. The first kappa shape index (κ1) is 20.7. The third kappa shape index (κ3) is 3.67. The summed E-state index contributed by atoms with van der Waals surface area (Å²) in [6.45, 7) is 0.392. The molecule has 1 aromatic carbocycles. The van der Waals surface area contributed by atoms with Crippen LogP contribution < -0.4 is 5.56 Å². The Morgan fingerprint density at radius 2 is 2.03 bits per heavy atom. The van der Waals surface area contributed by atoms with Crippen LogP contribution in [0.5, 0.6) is 0 Å². The van der Waals surface area contributed by atoms with E-state index >= 15 is 0 Å². The van der Waals surface area contributed by atoms with E-state index in [-0.39, 0.29) is 35.6 Å². The highest BCUT2D eigenvalue weighted by atomic mass is 35.5. The Morgan fingerprint density at radius 3 is 2.78 bits per heavy atom. The van der Waals surface area contributed by atoms with Gasteiger partial charge in [-0.1, -0.05) is 28.9 Å². The van der Waals surface area contributed by atoms with Crippen LogP contribution in [0.3, 0.4) is 0 Å². The van der Waals surface area contributed by atoms with Gasteiger partial charge in [0, 0.05) is 18.0 Å². The lowest BCUT2D eigenvalue weighted by Crippen LogP contribution is -2.23. The third-order valence-corrected chi connectivity index (χ3v) is 5.73. The Kier molecular flexibility index (Phi) is 5.22. The highest BCUT2D eigenvalue weighted by Crippen LogP contribution is 2.37. The molecular formula is C20H17ClF2N6O3. The number of nitrogens with zero attached hydrogens (tertiary/aromatic N) is 6. The molecule has 5 rings (SSSR count). The predicted molar refractivity (Wildman–Crippen MR) is 109 cm³/mol. The highest BCUT2D eigenvalue weighted by Gasteiger charge is 2.31. The molecule has 0 amide bonds. The van der Waals surface area contributed by atoms with Gasteiger partial charge in [0.1, 0.15) is 12.9 Å². The third-order valence-electron chi connectivity index (χ3n) is 5.48. The molecule has 166 valence electrons. The summed E-state index contributed by atoms with van der Waals surface area (Å²) >= 11 is 5.94. The Hall–Kier alpha value is -3.18. The average molecular weight is 463 g/mol. The number of alkyl halides is 2. The monoisotopic (exact) mass is 462 g/mol. The zero-order valence-electron chi connectivity index (χ0n) is 16.8. The van der Waals surface area contributed by atoms with Crippen LogP contribution in [-0.2, 0) is 18.3 Å². The molecule has 1 fully saturated rings. The van der Waals surface area contributed by atoms with Crippen molar-refractivity contribution in [3.05, 3.63) is 69.1 Å². The molecule has 0 saturated carbocycles. The number of imidazole rings is 1. The van der Waals surface area contributed by atoms with Gasteiger partial charge in [-0.25, -0.2) is 18.7 Å². The molecule has 1 saturated heterocycles. The zero-order chi connectivity index (χ0) is 22.4. The smallest absolute Gasteiger partial charge is 0.295 e. The molecule has 4 heterocycles. The number of benzene rings is 1. The Bertz CT molecular complexity index is 1330. The number of rotatable bonds is 5. The maximum absolute atomic E-state index is 13.1. The topological polar surface area (TPSA) is 101 Å². The SMILES string of the molecule is Cn1c(C(F)F)nc2ncn(Cc3nc([C@@H]4CO[C@@H](c5ccc(Cl)cc5)C4)no3)c(=O)c21. The van der Waals surface area contributed by atoms with E-state index in [2.05, 4.69) is 20.1 Å². The first-order valence-corrected chi connectivity index (χ1v) is 10.2. The quantitative estimate of drug-likeness (QED) is 0.448. The van der Waals surface area contributed by atoms with Crippen molar-refractivity contribution >= 4 is 22.8 Å². The fourth-order valence-corrected chi connectivity index (χ4v) is 3.94. The fourth-order valence-electron chi connectivity index (χ4n) is 3.81. The van der Waals surface area contributed by atoms with Gasteiger partial charge in [-0.15, -0.1) is 0 Å². The summed E-state index contributed by atoms with van der Waals surface area (Å²) in [6, 6.07) is 7.47. The van der Waals surface area contributed by atoms with Gasteiger partial charge in [-0.05, 0) is 24.1 Å². The molecule has 12 heteroatoms. The summed E-state index contributed by atoms with van der Waals surface area (Å²) in [7, 11) is 1.35. The van der Waals surface area contributed by atoms with E-state index in [9.17, 15) is 13.6 Å². The van der Waals surface area contributed by atoms with Crippen LogP contribution in [0.25, 0.3) is 11.2 Å². The van der Waals surface area contributed by atoms with Gasteiger partial charge in [-0.3, -0.25) is 9.36 Å². The molecule has 2 atom stereocenters. The molecule has 0 N–H and O–H groups in total. The minimum atomic E-state index is -2.81. The minimum absolute atomic E-state index is 0.0162. The number of halogens is 3. The minimum Gasteiger partial charge on any atom is -0.373 e. The zero-order valence-corrected chi connectivity index (χ0v) is 17.5. The van der Waals surface area contributed by atoms with Gasteiger partial charge in [0.15, 0.2) is 22.8 Å². The van der Waals surface area contributed by atoms with Gasteiger partial charge in [0.2, 0.25) is 5.89 Å². The van der Waals surface area contributed by atoms with Crippen LogP contribution in [-0.4, -0.2) is 35.8 Å². The van der Waals surface area contributed by atoms with Crippen molar-refractivity contribution in [2.24, 2.45) is 7.05 Å². The van der Waals surface area contributed by atoms with Gasteiger partial charge in [0.05, 0.1) is 12.7 Å². The van der Waals surface area contributed by atoms with E-state index in [1.54, 1.807) is 0 Å². The lowest BCUT2D eigenvalue weighted by atomic mass is 10.0. The first-order valence-electron chi connectivity index (χ1n) is 9.80. The Morgan fingerprint density at radius 1 is 1.25 bits per heavy atom. The highest BCUT2D eigenvalue weighted by molar-refractivity contribution is 6.30. The summed E-state index contributed by atoms with van der Waals surface area (Å²) < 4.78 is 39.6. The van der Waals surface area contributed by atoms with Crippen LogP contribution in [0.1, 0.15) is 48.0 Å². The second-order valence-corrected chi connectivity index (χ2v) is 7.97. The van der Waals surface area contributed by atoms with E-state index in [1.165, 1.54) is 17.9 Å². The number of ether oxygens (including phenoxy) is 1. The van der Waals surface area contributed by atoms with Crippen LogP contribution in [0.4, 0.5) is 8.78 Å².